The second kappa shape index (κ2) is 5.16. The maximum absolute atomic E-state index is 10.8. The molecular formula is C15H12N4O2. The molecule has 3 aromatic rings. The first-order valence-electron chi connectivity index (χ1n) is 6.38. The van der Waals surface area contributed by atoms with Gasteiger partial charge in [-0.2, -0.15) is 0 Å². The molecule has 104 valence electrons. The minimum atomic E-state index is -0.429. The summed E-state index contributed by atoms with van der Waals surface area (Å²) in [4.78, 5) is 10.4. The summed E-state index contributed by atoms with van der Waals surface area (Å²) in [6.45, 7) is 2.02. The van der Waals surface area contributed by atoms with E-state index in [2.05, 4.69) is 10.3 Å². The Morgan fingerprint density at radius 2 is 1.90 bits per heavy atom. The van der Waals surface area contributed by atoms with Gasteiger partial charge in [0.15, 0.2) is 0 Å². The minimum absolute atomic E-state index is 0.0277. The summed E-state index contributed by atoms with van der Waals surface area (Å²) < 4.78 is 1.53. The quantitative estimate of drug-likeness (QED) is 0.545. The van der Waals surface area contributed by atoms with Crippen molar-refractivity contribution in [3.8, 4) is 16.9 Å². The lowest BCUT2D eigenvalue weighted by Gasteiger charge is -1.99. The van der Waals surface area contributed by atoms with Crippen LogP contribution in [0.1, 0.15) is 5.56 Å². The van der Waals surface area contributed by atoms with Crippen molar-refractivity contribution < 1.29 is 4.92 Å². The Morgan fingerprint density at radius 1 is 1.14 bits per heavy atom. The van der Waals surface area contributed by atoms with E-state index in [0.717, 1.165) is 11.3 Å². The Bertz CT molecular complexity index is 793. The molecule has 0 spiro atoms. The van der Waals surface area contributed by atoms with E-state index in [-0.39, 0.29) is 5.69 Å². The van der Waals surface area contributed by atoms with E-state index in [4.69, 9.17) is 0 Å². The van der Waals surface area contributed by atoms with Crippen molar-refractivity contribution in [1.29, 1.82) is 0 Å². The molecule has 2 aromatic carbocycles. The Morgan fingerprint density at radius 3 is 2.62 bits per heavy atom. The van der Waals surface area contributed by atoms with Gasteiger partial charge in [-0.1, -0.05) is 41.1 Å². The van der Waals surface area contributed by atoms with E-state index in [1.165, 1.54) is 22.4 Å². The number of hydrogen-bond acceptors (Lipinski definition) is 4. The summed E-state index contributed by atoms with van der Waals surface area (Å²) in [5.41, 5.74) is 3.48. The van der Waals surface area contributed by atoms with Gasteiger partial charge in [0.05, 0.1) is 16.8 Å². The van der Waals surface area contributed by atoms with E-state index in [1.807, 2.05) is 31.2 Å². The average molecular weight is 280 g/mol. The number of nitrogens with zero attached hydrogens (tertiary/aromatic N) is 4. The van der Waals surface area contributed by atoms with Gasteiger partial charge in [0.1, 0.15) is 5.69 Å². The highest BCUT2D eigenvalue weighted by Gasteiger charge is 2.09. The SMILES string of the molecule is Cc1ccc(-c2cn(-c3cccc([N+](=O)[O-])c3)nn2)cc1. The molecule has 0 aliphatic carbocycles. The molecule has 1 heterocycles. The maximum atomic E-state index is 10.8. The lowest BCUT2D eigenvalue weighted by atomic mass is 10.1. The Hall–Kier alpha value is -3.02. The van der Waals surface area contributed by atoms with Gasteiger partial charge in [-0.05, 0) is 13.0 Å². The molecule has 6 nitrogen and oxygen atoms in total. The number of aryl methyl sites for hydroxylation is 1. The number of rotatable bonds is 3. The van der Waals surface area contributed by atoms with Crippen LogP contribution in [0.2, 0.25) is 0 Å². The van der Waals surface area contributed by atoms with Gasteiger partial charge < -0.3 is 0 Å². The van der Waals surface area contributed by atoms with Crippen molar-refractivity contribution in [1.82, 2.24) is 15.0 Å². The minimum Gasteiger partial charge on any atom is -0.258 e. The molecule has 0 fully saturated rings. The van der Waals surface area contributed by atoms with Gasteiger partial charge >= 0.3 is 0 Å². The smallest absolute Gasteiger partial charge is 0.258 e. The summed E-state index contributed by atoms with van der Waals surface area (Å²) in [5, 5.41) is 18.9. The highest BCUT2D eigenvalue weighted by atomic mass is 16.6. The van der Waals surface area contributed by atoms with Crippen molar-refractivity contribution in [2.75, 3.05) is 0 Å². The third-order valence-corrected chi connectivity index (χ3v) is 3.15. The zero-order valence-corrected chi connectivity index (χ0v) is 11.3. The van der Waals surface area contributed by atoms with Crippen LogP contribution in [0.15, 0.2) is 54.7 Å². The Labute approximate surface area is 120 Å². The molecule has 0 radical (unpaired) electrons. The standard InChI is InChI=1S/C15H12N4O2/c1-11-5-7-12(8-6-11)15-10-18(17-16-15)13-3-2-4-14(9-13)19(20)21/h2-10H,1H3. The molecule has 0 amide bonds. The van der Waals surface area contributed by atoms with Crippen molar-refractivity contribution in [2.45, 2.75) is 6.92 Å². The van der Waals surface area contributed by atoms with Crippen LogP contribution in [0, 0.1) is 17.0 Å². The van der Waals surface area contributed by atoms with Crippen LogP contribution >= 0.6 is 0 Å². The summed E-state index contributed by atoms with van der Waals surface area (Å²) in [5.74, 6) is 0. The molecule has 0 unspecified atom stereocenters. The van der Waals surface area contributed by atoms with Crippen molar-refractivity contribution in [2.24, 2.45) is 0 Å². The zero-order chi connectivity index (χ0) is 14.8. The molecule has 0 atom stereocenters. The first kappa shape index (κ1) is 13.0. The van der Waals surface area contributed by atoms with Crippen LogP contribution in [0.3, 0.4) is 0 Å². The van der Waals surface area contributed by atoms with Crippen LogP contribution in [-0.2, 0) is 0 Å². The monoisotopic (exact) mass is 280 g/mol. The van der Waals surface area contributed by atoms with Crippen LogP contribution < -0.4 is 0 Å². The molecule has 6 heteroatoms. The number of nitro groups is 1. The number of aromatic nitrogens is 3. The fourth-order valence-corrected chi connectivity index (χ4v) is 2.00. The summed E-state index contributed by atoms with van der Waals surface area (Å²) in [6, 6.07) is 14.2. The fourth-order valence-electron chi connectivity index (χ4n) is 2.00. The number of hydrogen-bond donors (Lipinski definition) is 0. The summed E-state index contributed by atoms with van der Waals surface area (Å²) in [6.07, 6.45) is 1.75. The molecule has 0 bridgehead atoms. The highest BCUT2D eigenvalue weighted by molar-refractivity contribution is 5.58. The number of non-ortho nitro benzene ring substituents is 1. The van der Waals surface area contributed by atoms with Gasteiger partial charge in [0.25, 0.3) is 5.69 Å². The Balaban J connectivity index is 1.96. The predicted octanol–water partition coefficient (Wildman–Crippen LogP) is 3.15. The molecule has 3 rings (SSSR count). The van der Waals surface area contributed by atoms with E-state index < -0.39 is 4.92 Å². The molecular weight excluding hydrogens is 268 g/mol. The van der Waals surface area contributed by atoms with E-state index >= 15 is 0 Å². The zero-order valence-electron chi connectivity index (χ0n) is 11.3. The second-order valence-electron chi connectivity index (χ2n) is 4.69. The first-order valence-corrected chi connectivity index (χ1v) is 6.38. The lowest BCUT2D eigenvalue weighted by molar-refractivity contribution is -0.384. The second-order valence-corrected chi connectivity index (χ2v) is 4.69. The Kier molecular flexibility index (Phi) is 3.19. The first-order chi connectivity index (χ1) is 10.1. The number of benzene rings is 2. The van der Waals surface area contributed by atoms with Gasteiger partial charge in [-0.15, -0.1) is 5.10 Å². The van der Waals surface area contributed by atoms with Crippen molar-refractivity contribution in [3.63, 3.8) is 0 Å². The molecule has 1 aromatic heterocycles. The van der Waals surface area contributed by atoms with Gasteiger partial charge in [0, 0.05) is 17.7 Å². The number of nitro benzene ring substituents is 1. The molecule has 21 heavy (non-hydrogen) atoms. The molecule has 0 aliphatic rings. The van der Waals surface area contributed by atoms with E-state index in [9.17, 15) is 10.1 Å². The predicted molar refractivity (Wildman–Crippen MR) is 78.2 cm³/mol. The normalized spacial score (nSPS) is 10.5. The van der Waals surface area contributed by atoms with Gasteiger partial charge in [0.2, 0.25) is 0 Å². The third kappa shape index (κ3) is 2.64. The molecule has 0 N–H and O–H groups in total. The topological polar surface area (TPSA) is 73.8 Å². The van der Waals surface area contributed by atoms with Crippen LogP contribution in [0.5, 0.6) is 0 Å². The lowest BCUT2D eigenvalue weighted by Crippen LogP contribution is -1.96. The van der Waals surface area contributed by atoms with Crippen LogP contribution in [0.4, 0.5) is 5.69 Å². The summed E-state index contributed by atoms with van der Waals surface area (Å²) in [7, 11) is 0. The van der Waals surface area contributed by atoms with Crippen molar-refractivity contribution >= 4 is 5.69 Å². The van der Waals surface area contributed by atoms with Gasteiger partial charge in [-0.25, -0.2) is 4.68 Å². The fraction of sp³-hybridized carbons (Fsp3) is 0.0667. The van der Waals surface area contributed by atoms with Crippen LogP contribution in [-0.4, -0.2) is 19.9 Å². The maximum Gasteiger partial charge on any atom is 0.271 e. The van der Waals surface area contributed by atoms with Crippen molar-refractivity contribution in [3.05, 3.63) is 70.4 Å². The van der Waals surface area contributed by atoms with E-state index in [1.54, 1.807) is 18.3 Å². The molecule has 0 saturated heterocycles. The average Bonchev–Trinajstić information content (AvgIpc) is 2.98. The highest BCUT2D eigenvalue weighted by Crippen LogP contribution is 2.20. The molecule has 0 saturated carbocycles. The van der Waals surface area contributed by atoms with E-state index in [0.29, 0.717) is 5.69 Å². The summed E-state index contributed by atoms with van der Waals surface area (Å²) >= 11 is 0. The van der Waals surface area contributed by atoms with Crippen LogP contribution in [0.25, 0.3) is 16.9 Å². The molecule has 0 aliphatic heterocycles. The van der Waals surface area contributed by atoms with Gasteiger partial charge in [-0.3, -0.25) is 10.1 Å². The largest absolute Gasteiger partial charge is 0.271 e. The third-order valence-electron chi connectivity index (χ3n) is 3.15.